The van der Waals surface area contributed by atoms with Crippen molar-refractivity contribution in [2.45, 2.75) is 6.92 Å². The highest BCUT2D eigenvalue weighted by molar-refractivity contribution is 5.91. The summed E-state index contributed by atoms with van der Waals surface area (Å²) in [7, 11) is 1.70. The standard InChI is InChI=1S/C20H17N3O2/c1-13-12-16(21-23(13)14-8-4-3-5-9-14)18-19(24)15-10-6-7-11-17(15)22(2)20(18)25/h3-12,24H,1-2H3. The fourth-order valence-corrected chi connectivity index (χ4v) is 3.14. The molecule has 5 nitrogen and oxygen atoms in total. The van der Waals surface area contributed by atoms with Crippen molar-refractivity contribution < 1.29 is 5.11 Å². The van der Waals surface area contributed by atoms with Gasteiger partial charge < -0.3 is 9.67 Å². The number of nitrogens with zero attached hydrogens (tertiary/aromatic N) is 3. The van der Waals surface area contributed by atoms with Crippen molar-refractivity contribution >= 4 is 10.9 Å². The molecule has 0 aliphatic heterocycles. The number of hydrogen-bond acceptors (Lipinski definition) is 3. The molecule has 0 spiro atoms. The van der Waals surface area contributed by atoms with Crippen molar-refractivity contribution in [3.63, 3.8) is 0 Å². The van der Waals surface area contributed by atoms with Gasteiger partial charge in [0.05, 0.1) is 11.2 Å². The summed E-state index contributed by atoms with van der Waals surface area (Å²) in [5, 5.41) is 15.9. The van der Waals surface area contributed by atoms with Crippen molar-refractivity contribution in [2.75, 3.05) is 0 Å². The molecule has 1 N–H and O–H groups in total. The number of aryl methyl sites for hydroxylation is 2. The smallest absolute Gasteiger partial charge is 0.264 e. The van der Waals surface area contributed by atoms with Crippen LogP contribution in [0.5, 0.6) is 5.75 Å². The van der Waals surface area contributed by atoms with E-state index in [-0.39, 0.29) is 16.9 Å². The first-order valence-electron chi connectivity index (χ1n) is 8.01. The van der Waals surface area contributed by atoms with Crippen LogP contribution in [0.2, 0.25) is 0 Å². The summed E-state index contributed by atoms with van der Waals surface area (Å²) < 4.78 is 3.31. The summed E-state index contributed by atoms with van der Waals surface area (Å²) in [6, 6.07) is 18.8. The zero-order chi connectivity index (χ0) is 17.6. The molecular formula is C20H17N3O2. The van der Waals surface area contributed by atoms with Crippen molar-refractivity contribution in [1.82, 2.24) is 14.3 Å². The summed E-state index contributed by atoms with van der Waals surface area (Å²) in [6.45, 7) is 1.92. The van der Waals surface area contributed by atoms with Crippen LogP contribution in [0.15, 0.2) is 65.5 Å². The number of hydrogen-bond donors (Lipinski definition) is 1. The summed E-state index contributed by atoms with van der Waals surface area (Å²) >= 11 is 0. The Morgan fingerprint density at radius 1 is 1.00 bits per heavy atom. The van der Waals surface area contributed by atoms with Crippen molar-refractivity contribution in [3.05, 3.63) is 76.7 Å². The first-order valence-corrected chi connectivity index (χ1v) is 8.01. The Morgan fingerprint density at radius 2 is 1.68 bits per heavy atom. The van der Waals surface area contributed by atoms with E-state index in [0.29, 0.717) is 16.6 Å². The van der Waals surface area contributed by atoms with E-state index in [0.717, 1.165) is 11.4 Å². The van der Waals surface area contributed by atoms with Crippen molar-refractivity contribution in [1.29, 1.82) is 0 Å². The average Bonchev–Trinajstić information content (AvgIpc) is 3.02. The molecule has 2 heterocycles. The van der Waals surface area contributed by atoms with Gasteiger partial charge in [0.2, 0.25) is 0 Å². The Bertz CT molecular complexity index is 1140. The number of para-hydroxylation sites is 2. The zero-order valence-electron chi connectivity index (χ0n) is 14.0. The topological polar surface area (TPSA) is 60.1 Å². The van der Waals surface area contributed by atoms with E-state index in [4.69, 9.17) is 0 Å². The number of benzene rings is 2. The van der Waals surface area contributed by atoms with Crippen LogP contribution in [0.25, 0.3) is 27.8 Å². The highest BCUT2D eigenvalue weighted by Crippen LogP contribution is 2.32. The molecule has 0 radical (unpaired) electrons. The lowest BCUT2D eigenvalue weighted by Crippen LogP contribution is -2.19. The van der Waals surface area contributed by atoms with Gasteiger partial charge in [-0.15, -0.1) is 0 Å². The zero-order valence-corrected chi connectivity index (χ0v) is 14.0. The van der Waals surface area contributed by atoms with Gasteiger partial charge in [0.15, 0.2) is 0 Å². The van der Waals surface area contributed by atoms with Crippen LogP contribution in [-0.4, -0.2) is 19.5 Å². The van der Waals surface area contributed by atoms with Gasteiger partial charge in [0.1, 0.15) is 17.0 Å². The first kappa shape index (κ1) is 15.2. The van der Waals surface area contributed by atoms with Crippen molar-refractivity contribution in [3.8, 4) is 22.7 Å². The minimum absolute atomic E-state index is 0.0311. The number of aromatic nitrogens is 3. The van der Waals surface area contributed by atoms with Crippen molar-refractivity contribution in [2.24, 2.45) is 7.05 Å². The minimum atomic E-state index is -0.270. The monoisotopic (exact) mass is 331 g/mol. The lowest BCUT2D eigenvalue weighted by molar-refractivity contribution is 0.481. The Hall–Kier alpha value is -3.34. The minimum Gasteiger partial charge on any atom is -0.506 e. The maximum Gasteiger partial charge on any atom is 0.264 e. The fourth-order valence-electron chi connectivity index (χ4n) is 3.14. The quantitative estimate of drug-likeness (QED) is 0.612. The highest BCUT2D eigenvalue weighted by atomic mass is 16.3. The van der Waals surface area contributed by atoms with Crippen LogP contribution in [0.1, 0.15) is 5.69 Å². The number of aromatic hydroxyl groups is 1. The second-order valence-electron chi connectivity index (χ2n) is 6.02. The third-order valence-corrected chi connectivity index (χ3v) is 4.42. The molecule has 0 aliphatic rings. The number of pyridine rings is 1. The van der Waals surface area contributed by atoms with Crippen LogP contribution in [-0.2, 0) is 7.05 Å². The molecule has 0 saturated heterocycles. The Morgan fingerprint density at radius 3 is 2.44 bits per heavy atom. The van der Waals surface area contributed by atoms with E-state index in [1.807, 2.05) is 61.5 Å². The molecule has 4 rings (SSSR count). The molecule has 0 fully saturated rings. The Labute approximate surface area is 144 Å². The van der Waals surface area contributed by atoms with Crippen LogP contribution in [0.4, 0.5) is 0 Å². The van der Waals surface area contributed by atoms with Gasteiger partial charge in [0.25, 0.3) is 5.56 Å². The normalized spacial score (nSPS) is 11.1. The summed E-state index contributed by atoms with van der Waals surface area (Å²) in [5.41, 5.74) is 2.89. The summed E-state index contributed by atoms with van der Waals surface area (Å²) in [6.07, 6.45) is 0. The summed E-state index contributed by atoms with van der Waals surface area (Å²) in [4.78, 5) is 12.8. The van der Waals surface area contributed by atoms with E-state index in [9.17, 15) is 9.90 Å². The van der Waals surface area contributed by atoms with E-state index in [2.05, 4.69) is 5.10 Å². The molecule has 25 heavy (non-hydrogen) atoms. The van der Waals surface area contributed by atoms with Gasteiger partial charge in [-0.2, -0.15) is 5.10 Å². The fraction of sp³-hybridized carbons (Fsp3) is 0.100. The van der Waals surface area contributed by atoms with Gasteiger partial charge >= 0.3 is 0 Å². The van der Waals surface area contributed by atoms with E-state index >= 15 is 0 Å². The lowest BCUT2D eigenvalue weighted by atomic mass is 10.1. The molecule has 5 heteroatoms. The average molecular weight is 331 g/mol. The van der Waals surface area contributed by atoms with Crippen LogP contribution >= 0.6 is 0 Å². The molecule has 0 atom stereocenters. The third-order valence-electron chi connectivity index (χ3n) is 4.42. The molecule has 2 aromatic heterocycles. The molecule has 4 aromatic rings. The maximum absolute atomic E-state index is 12.8. The first-order chi connectivity index (χ1) is 12.1. The van der Waals surface area contributed by atoms with E-state index < -0.39 is 0 Å². The second-order valence-corrected chi connectivity index (χ2v) is 6.02. The van der Waals surface area contributed by atoms with Crippen LogP contribution in [0.3, 0.4) is 0 Å². The molecule has 0 aliphatic carbocycles. The number of fused-ring (bicyclic) bond motifs is 1. The molecule has 0 saturated carbocycles. The molecule has 0 amide bonds. The second kappa shape index (κ2) is 5.63. The van der Waals surface area contributed by atoms with Gasteiger partial charge in [-0.25, -0.2) is 4.68 Å². The Kier molecular flexibility index (Phi) is 3.42. The third kappa shape index (κ3) is 2.32. The summed E-state index contributed by atoms with van der Waals surface area (Å²) in [5.74, 6) is -0.0311. The van der Waals surface area contributed by atoms with Gasteiger partial charge in [0, 0.05) is 18.1 Å². The largest absolute Gasteiger partial charge is 0.506 e. The highest BCUT2D eigenvalue weighted by Gasteiger charge is 2.19. The molecule has 0 unspecified atom stereocenters. The lowest BCUT2D eigenvalue weighted by Gasteiger charge is -2.10. The van der Waals surface area contributed by atoms with Crippen LogP contribution < -0.4 is 5.56 Å². The SMILES string of the molecule is Cc1cc(-c2c(O)c3ccccc3n(C)c2=O)nn1-c1ccccc1. The molecule has 2 aromatic carbocycles. The van der Waals surface area contributed by atoms with E-state index in [1.54, 1.807) is 22.4 Å². The van der Waals surface area contributed by atoms with Gasteiger partial charge in [-0.1, -0.05) is 30.3 Å². The number of rotatable bonds is 2. The predicted octanol–water partition coefficient (Wildman–Crippen LogP) is 3.41. The van der Waals surface area contributed by atoms with Gasteiger partial charge in [-0.05, 0) is 37.3 Å². The maximum atomic E-state index is 12.8. The predicted molar refractivity (Wildman–Crippen MR) is 98.1 cm³/mol. The Balaban J connectivity index is 1.99. The van der Waals surface area contributed by atoms with Gasteiger partial charge in [-0.3, -0.25) is 4.79 Å². The van der Waals surface area contributed by atoms with E-state index in [1.165, 1.54) is 0 Å². The molecule has 124 valence electrons. The van der Waals surface area contributed by atoms with Crippen LogP contribution in [0, 0.1) is 6.92 Å². The molecular weight excluding hydrogens is 314 g/mol. The molecule has 0 bridgehead atoms.